The van der Waals surface area contributed by atoms with Crippen LogP contribution in [-0.4, -0.2) is 82.4 Å². The van der Waals surface area contributed by atoms with Crippen LogP contribution in [0, 0.1) is 22.6 Å². The predicted octanol–water partition coefficient (Wildman–Crippen LogP) is 6.15. The molecule has 5 rings (SSSR count). The van der Waals surface area contributed by atoms with Crippen molar-refractivity contribution in [3.63, 3.8) is 0 Å². The number of anilines is 1. The zero-order valence-corrected chi connectivity index (χ0v) is 28.1. The van der Waals surface area contributed by atoms with Crippen LogP contribution >= 0.6 is 0 Å². The van der Waals surface area contributed by atoms with Crippen LogP contribution < -0.4 is 15.0 Å². The summed E-state index contributed by atoms with van der Waals surface area (Å²) in [6.07, 6.45) is 8.88. The van der Waals surface area contributed by atoms with E-state index in [1.54, 1.807) is 11.1 Å². The van der Waals surface area contributed by atoms with Crippen molar-refractivity contribution in [1.82, 2.24) is 25.1 Å². The second-order valence-electron chi connectivity index (χ2n) is 15.1. The lowest BCUT2D eigenvalue weighted by Crippen LogP contribution is -2.72. The maximum atomic E-state index is 14.3. The molecule has 0 radical (unpaired) electrons. The number of nitrogens with zero attached hydrogens (tertiary/aromatic N) is 5. The first-order valence-corrected chi connectivity index (χ1v) is 16.6. The summed E-state index contributed by atoms with van der Waals surface area (Å²) in [4.78, 5) is 41.1. The normalized spacial score (nSPS) is 21.4. The molecule has 3 heterocycles. The number of nitrogens with one attached hydrogen (secondary N) is 1. The van der Waals surface area contributed by atoms with Crippen LogP contribution in [0.5, 0.6) is 11.5 Å². The number of halogens is 1. The molecule has 2 aliphatic heterocycles. The zero-order chi connectivity index (χ0) is 32.5. The van der Waals surface area contributed by atoms with Crippen LogP contribution in [0.25, 0.3) is 0 Å². The lowest BCUT2D eigenvalue weighted by Gasteiger charge is -2.61. The number of hydrogen-bond donors (Lipinski definition) is 1. The third kappa shape index (κ3) is 7.59. The van der Waals surface area contributed by atoms with Crippen molar-refractivity contribution in [3.05, 3.63) is 42.1 Å². The second kappa shape index (κ2) is 13.2. The number of rotatable bonds is 10. The second-order valence-corrected chi connectivity index (χ2v) is 15.1. The number of aromatic nitrogens is 2. The van der Waals surface area contributed by atoms with Crippen molar-refractivity contribution in [2.75, 3.05) is 37.6 Å². The van der Waals surface area contributed by atoms with Crippen molar-refractivity contribution in [2.45, 2.75) is 98.7 Å². The Kier molecular flexibility index (Phi) is 9.73. The average molecular weight is 625 g/mol. The molecule has 9 nitrogen and oxygen atoms in total. The smallest absolute Gasteiger partial charge is 0.258 e. The quantitative estimate of drug-likeness (QED) is 0.339. The largest absolute Gasteiger partial charge is 0.451 e. The first-order chi connectivity index (χ1) is 21.2. The Bertz CT molecular complexity index is 1350. The van der Waals surface area contributed by atoms with Crippen molar-refractivity contribution < 1.29 is 20.1 Å². The third-order valence-electron chi connectivity index (χ3n) is 9.58. The summed E-state index contributed by atoms with van der Waals surface area (Å²) in [5.74, 6) is 1.57. The molecule has 0 unspecified atom stereocenters. The van der Waals surface area contributed by atoms with E-state index < -0.39 is 5.82 Å². The van der Waals surface area contributed by atoms with E-state index in [1.807, 2.05) is 48.5 Å². The van der Waals surface area contributed by atoms with Crippen LogP contribution in [-0.2, 0) is 4.79 Å². The van der Waals surface area contributed by atoms with Gasteiger partial charge in [-0.3, -0.25) is 9.59 Å². The summed E-state index contributed by atoms with van der Waals surface area (Å²) in [7, 11) is 0. The molecule has 3 aliphatic rings. The highest BCUT2D eigenvalue weighted by Gasteiger charge is 2.52. The Morgan fingerprint density at radius 2 is 1.73 bits per heavy atom. The summed E-state index contributed by atoms with van der Waals surface area (Å²) >= 11 is 0. The number of hydrogen-bond acceptors (Lipinski definition) is 7. The number of ether oxygens (including phenoxy) is 1. The molecule has 1 aliphatic carbocycles. The number of likely N-dealkylation sites (tertiary alicyclic amines) is 1. The summed E-state index contributed by atoms with van der Waals surface area (Å²) in [6.45, 7) is 18.8. The fraction of sp³-hybridized carbons (Fsp3) is 0.657. The van der Waals surface area contributed by atoms with Crippen molar-refractivity contribution in [2.24, 2.45) is 16.7 Å². The highest BCUT2D eigenvalue weighted by molar-refractivity contribution is 5.97. The van der Waals surface area contributed by atoms with E-state index in [1.165, 1.54) is 43.8 Å². The van der Waals surface area contributed by atoms with E-state index in [0.717, 1.165) is 51.5 Å². The van der Waals surface area contributed by atoms with Crippen LogP contribution in [0.3, 0.4) is 0 Å². The fourth-order valence-corrected chi connectivity index (χ4v) is 7.24. The molecule has 10 heteroatoms. The van der Waals surface area contributed by atoms with Gasteiger partial charge in [-0.25, -0.2) is 14.4 Å². The van der Waals surface area contributed by atoms with E-state index in [9.17, 15) is 14.0 Å². The van der Waals surface area contributed by atoms with Gasteiger partial charge in [0.05, 0.1) is 11.8 Å². The molecule has 1 aromatic carbocycles. The van der Waals surface area contributed by atoms with E-state index in [2.05, 4.69) is 25.1 Å². The van der Waals surface area contributed by atoms with Crippen LogP contribution in [0.15, 0.2) is 30.7 Å². The number of amides is 2. The standard InChI is InChI=1S/C35H51FN6O3.H2/c1-23(2)42(24(3)4)32(43)28-16-26(36)10-13-29(28)45-30-17-37-22-38-31(30)41-20-35(21-41)18-40(19-35)15-14-25-8-11-27(12-9-25)39-33(44)34(5,6)7;/h10,13,16-17,22-25,27H,8-9,11-12,14-15,18-21H2,1-7H3,(H,39,44);1H. The molecule has 1 saturated carbocycles. The summed E-state index contributed by atoms with van der Waals surface area (Å²) in [5, 5.41) is 3.25. The van der Waals surface area contributed by atoms with Gasteiger partial charge in [-0.1, -0.05) is 20.8 Å². The highest BCUT2D eigenvalue weighted by Crippen LogP contribution is 2.44. The Morgan fingerprint density at radius 3 is 2.36 bits per heavy atom. The molecular formula is C35H53FN6O3. The molecule has 2 saturated heterocycles. The maximum Gasteiger partial charge on any atom is 0.258 e. The Morgan fingerprint density at radius 1 is 1.07 bits per heavy atom. The van der Waals surface area contributed by atoms with Gasteiger partial charge in [0.25, 0.3) is 5.91 Å². The first kappa shape index (κ1) is 33.1. The van der Waals surface area contributed by atoms with Gasteiger partial charge in [-0.2, -0.15) is 0 Å². The molecule has 0 atom stereocenters. The molecule has 1 aromatic heterocycles. The Balaban J connectivity index is 0.00000480. The van der Waals surface area contributed by atoms with E-state index >= 15 is 0 Å². The predicted molar refractivity (Wildman–Crippen MR) is 176 cm³/mol. The SMILES string of the molecule is CC(C)N(C(=O)c1cc(F)ccc1Oc1cncnc1N1CC2(CN(CCC3CCC(NC(=O)C(C)(C)C)CC3)C2)C1)C(C)C.[HH]. The monoisotopic (exact) mass is 624 g/mol. The van der Waals surface area contributed by atoms with Crippen LogP contribution in [0.2, 0.25) is 0 Å². The summed E-state index contributed by atoms with van der Waals surface area (Å²) in [6, 6.07) is 4.28. The van der Waals surface area contributed by atoms with Gasteiger partial charge >= 0.3 is 0 Å². The molecular weight excluding hydrogens is 571 g/mol. The third-order valence-corrected chi connectivity index (χ3v) is 9.58. The van der Waals surface area contributed by atoms with Crippen molar-refractivity contribution >= 4 is 17.6 Å². The lowest BCUT2D eigenvalue weighted by molar-refractivity contribution is -0.129. The lowest BCUT2D eigenvalue weighted by atomic mass is 9.72. The molecule has 248 valence electrons. The number of benzene rings is 1. The topological polar surface area (TPSA) is 90.9 Å². The molecule has 2 amide bonds. The van der Waals surface area contributed by atoms with Crippen molar-refractivity contribution in [3.8, 4) is 11.5 Å². The van der Waals surface area contributed by atoms with E-state index in [0.29, 0.717) is 23.4 Å². The minimum Gasteiger partial charge on any atom is -0.451 e. The Hall–Kier alpha value is -3.27. The van der Waals surface area contributed by atoms with Crippen molar-refractivity contribution in [1.29, 1.82) is 0 Å². The molecule has 45 heavy (non-hydrogen) atoms. The van der Waals surface area contributed by atoms with Gasteiger partial charge in [-0.05, 0) is 90.5 Å². The van der Waals surface area contributed by atoms with Crippen LogP contribution in [0.4, 0.5) is 10.2 Å². The van der Waals surface area contributed by atoms with Crippen LogP contribution in [0.1, 0.15) is 92.4 Å². The number of carbonyl (C=O) groups is 2. The van der Waals surface area contributed by atoms with Gasteiger partial charge in [0.15, 0.2) is 11.6 Å². The first-order valence-electron chi connectivity index (χ1n) is 16.6. The molecule has 0 bridgehead atoms. The van der Waals surface area contributed by atoms with Gasteiger partial charge < -0.3 is 24.8 Å². The minimum atomic E-state index is -0.487. The van der Waals surface area contributed by atoms with Gasteiger partial charge in [-0.15, -0.1) is 0 Å². The summed E-state index contributed by atoms with van der Waals surface area (Å²) in [5.41, 5.74) is 0.118. The molecule has 1 N–H and O–H groups in total. The van der Waals surface area contributed by atoms with Gasteiger partial charge in [0.2, 0.25) is 5.91 Å². The zero-order valence-electron chi connectivity index (χ0n) is 28.1. The average Bonchev–Trinajstić information content (AvgIpc) is 2.92. The molecule has 2 aromatic rings. The van der Waals surface area contributed by atoms with E-state index in [-0.39, 0.29) is 41.7 Å². The fourth-order valence-electron chi connectivity index (χ4n) is 7.24. The molecule has 3 fully saturated rings. The Labute approximate surface area is 269 Å². The minimum absolute atomic E-state index is 0. The maximum absolute atomic E-state index is 14.3. The number of carbonyl (C=O) groups excluding carboxylic acids is 2. The molecule has 1 spiro atoms. The highest BCUT2D eigenvalue weighted by atomic mass is 19.1. The van der Waals surface area contributed by atoms with Gasteiger partial charge in [0.1, 0.15) is 17.9 Å². The van der Waals surface area contributed by atoms with Gasteiger partial charge in [0, 0.05) is 56.6 Å². The summed E-state index contributed by atoms with van der Waals surface area (Å²) < 4.78 is 20.6. The van der Waals surface area contributed by atoms with E-state index in [4.69, 9.17) is 4.74 Å².